The molecule has 0 saturated heterocycles. The van der Waals surface area contributed by atoms with Gasteiger partial charge in [0.2, 0.25) is 0 Å². The second kappa shape index (κ2) is 6.26. The molecular formula is C16H10N2O3. The first-order valence-corrected chi connectivity index (χ1v) is 6.07. The van der Waals surface area contributed by atoms with Crippen LogP contribution in [0.15, 0.2) is 54.6 Å². The molecule has 0 N–H and O–H groups in total. The first-order valence-electron chi connectivity index (χ1n) is 6.07. The van der Waals surface area contributed by atoms with Gasteiger partial charge in [-0.05, 0) is 23.8 Å². The number of nitro benzene ring substituents is 1. The second-order valence-electron chi connectivity index (χ2n) is 4.24. The Bertz CT molecular complexity index is 756. The van der Waals surface area contributed by atoms with Crippen molar-refractivity contribution in [1.29, 1.82) is 5.26 Å². The maximum atomic E-state index is 12.0. The van der Waals surface area contributed by atoms with Crippen molar-refractivity contribution in [2.45, 2.75) is 0 Å². The molecule has 21 heavy (non-hydrogen) atoms. The SMILES string of the molecule is N#Cc1ccc(/C=C/C(=O)c2cccc([N+](=O)[O-])c2)cc1. The lowest BCUT2D eigenvalue weighted by atomic mass is 10.1. The summed E-state index contributed by atoms with van der Waals surface area (Å²) in [7, 11) is 0. The average molecular weight is 278 g/mol. The standard InChI is InChI=1S/C16H10N2O3/c17-11-13-6-4-12(5-7-13)8-9-16(19)14-2-1-3-15(10-14)18(20)21/h1-10H/b9-8+. The van der Waals surface area contributed by atoms with E-state index in [0.717, 1.165) is 5.56 Å². The van der Waals surface area contributed by atoms with E-state index in [1.165, 1.54) is 30.3 Å². The number of rotatable bonds is 4. The van der Waals surface area contributed by atoms with E-state index in [1.54, 1.807) is 30.3 Å². The minimum atomic E-state index is -0.541. The molecule has 0 saturated carbocycles. The summed E-state index contributed by atoms with van der Waals surface area (Å²) in [5.74, 6) is -0.317. The molecule has 5 nitrogen and oxygen atoms in total. The van der Waals surface area contributed by atoms with Gasteiger partial charge in [-0.1, -0.05) is 30.3 Å². The fourth-order valence-corrected chi connectivity index (χ4v) is 1.71. The van der Waals surface area contributed by atoms with E-state index in [4.69, 9.17) is 5.26 Å². The van der Waals surface area contributed by atoms with E-state index in [9.17, 15) is 14.9 Å². The minimum Gasteiger partial charge on any atom is -0.289 e. The molecule has 2 aromatic rings. The zero-order valence-electron chi connectivity index (χ0n) is 10.9. The van der Waals surface area contributed by atoms with Gasteiger partial charge in [-0.3, -0.25) is 14.9 Å². The number of non-ortho nitro benzene ring substituents is 1. The molecule has 0 unspecified atom stereocenters. The lowest BCUT2D eigenvalue weighted by molar-refractivity contribution is -0.384. The lowest BCUT2D eigenvalue weighted by Crippen LogP contribution is -1.96. The Balaban J connectivity index is 2.17. The molecule has 0 aromatic heterocycles. The van der Waals surface area contributed by atoms with Crippen LogP contribution in [0.4, 0.5) is 5.69 Å². The third-order valence-corrected chi connectivity index (χ3v) is 2.81. The van der Waals surface area contributed by atoms with E-state index in [2.05, 4.69) is 0 Å². The summed E-state index contributed by atoms with van der Waals surface area (Å²) in [5.41, 5.74) is 1.45. The molecule has 0 radical (unpaired) electrons. The van der Waals surface area contributed by atoms with Gasteiger partial charge in [0.05, 0.1) is 16.6 Å². The summed E-state index contributed by atoms with van der Waals surface area (Å²) >= 11 is 0. The minimum absolute atomic E-state index is 0.118. The molecule has 0 aliphatic heterocycles. The summed E-state index contributed by atoms with van der Waals surface area (Å²) in [6.45, 7) is 0. The molecule has 2 rings (SSSR count). The number of hydrogen-bond donors (Lipinski definition) is 0. The number of allylic oxidation sites excluding steroid dienone is 1. The molecule has 102 valence electrons. The third-order valence-electron chi connectivity index (χ3n) is 2.81. The van der Waals surface area contributed by atoms with Gasteiger partial charge in [-0.15, -0.1) is 0 Å². The van der Waals surface area contributed by atoms with E-state index in [0.29, 0.717) is 5.56 Å². The number of ketones is 1. The zero-order valence-corrected chi connectivity index (χ0v) is 10.9. The van der Waals surface area contributed by atoms with Crippen molar-refractivity contribution in [3.05, 3.63) is 81.4 Å². The van der Waals surface area contributed by atoms with Crippen LogP contribution in [-0.4, -0.2) is 10.7 Å². The second-order valence-corrected chi connectivity index (χ2v) is 4.24. The van der Waals surface area contributed by atoms with Crippen molar-refractivity contribution in [3.8, 4) is 6.07 Å². The van der Waals surface area contributed by atoms with Crippen molar-refractivity contribution in [3.63, 3.8) is 0 Å². The molecule has 0 spiro atoms. The predicted molar refractivity (Wildman–Crippen MR) is 77.6 cm³/mol. The number of carbonyl (C=O) groups excluding carboxylic acids is 1. The van der Waals surface area contributed by atoms with E-state index >= 15 is 0 Å². The Morgan fingerprint density at radius 1 is 1.19 bits per heavy atom. The predicted octanol–water partition coefficient (Wildman–Crippen LogP) is 3.36. The molecule has 5 heteroatoms. The maximum Gasteiger partial charge on any atom is 0.270 e. The normalized spacial score (nSPS) is 10.2. The molecule has 0 fully saturated rings. The highest BCUT2D eigenvalue weighted by Crippen LogP contribution is 2.14. The molecule has 0 heterocycles. The van der Waals surface area contributed by atoms with Crippen LogP contribution in [0.25, 0.3) is 6.08 Å². The number of hydrogen-bond acceptors (Lipinski definition) is 4. The summed E-state index contributed by atoms with van der Waals surface area (Å²) < 4.78 is 0. The summed E-state index contributed by atoms with van der Waals surface area (Å²) in [4.78, 5) is 22.1. The van der Waals surface area contributed by atoms with Gasteiger partial charge in [0.15, 0.2) is 5.78 Å². The van der Waals surface area contributed by atoms with Gasteiger partial charge in [0.1, 0.15) is 0 Å². The van der Waals surface area contributed by atoms with Crippen LogP contribution < -0.4 is 0 Å². The van der Waals surface area contributed by atoms with Crippen LogP contribution in [0.5, 0.6) is 0 Å². The Morgan fingerprint density at radius 2 is 1.90 bits per heavy atom. The first kappa shape index (κ1) is 14.2. The summed E-state index contributed by atoms with van der Waals surface area (Å²) in [5, 5.41) is 19.4. The Labute approximate surface area is 120 Å². The van der Waals surface area contributed by atoms with Crippen molar-refractivity contribution < 1.29 is 9.72 Å². The Morgan fingerprint density at radius 3 is 2.52 bits per heavy atom. The van der Waals surface area contributed by atoms with Crippen molar-refractivity contribution in [1.82, 2.24) is 0 Å². The van der Waals surface area contributed by atoms with Crippen LogP contribution in [0.1, 0.15) is 21.5 Å². The van der Waals surface area contributed by atoms with Crippen LogP contribution in [0.3, 0.4) is 0 Å². The van der Waals surface area contributed by atoms with Gasteiger partial charge >= 0.3 is 0 Å². The molecule has 0 aliphatic rings. The molecule has 2 aromatic carbocycles. The number of benzene rings is 2. The van der Waals surface area contributed by atoms with Gasteiger partial charge in [0.25, 0.3) is 5.69 Å². The van der Waals surface area contributed by atoms with E-state index in [-0.39, 0.29) is 17.0 Å². The van der Waals surface area contributed by atoms with Gasteiger partial charge in [-0.25, -0.2) is 0 Å². The number of nitriles is 1. The largest absolute Gasteiger partial charge is 0.289 e. The van der Waals surface area contributed by atoms with Gasteiger partial charge in [-0.2, -0.15) is 5.26 Å². The fraction of sp³-hybridized carbons (Fsp3) is 0. The smallest absolute Gasteiger partial charge is 0.270 e. The average Bonchev–Trinajstić information content (AvgIpc) is 2.53. The lowest BCUT2D eigenvalue weighted by Gasteiger charge is -1.97. The number of nitro groups is 1. The Kier molecular flexibility index (Phi) is 4.22. The highest BCUT2D eigenvalue weighted by molar-refractivity contribution is 6.07. The van der Waals surface area contributed by atoms with Gasteiger partial charge < -0.3 is 0 Å². The quantitative estimate of drug-likeness (QED) is 0.371. The van der Waals surface area contributed by atoms with Crippen molar-refractivity contribution >= 4 is 17.5 Å². The molecular weight excluding hydrogens is 268 g/mol. The zero-order chi connectivity index (χ0) is 15.2. The van der Waals surface area contributed by atoms with E-state index < -0.39 is 4.92 Å². The number of carbonyl (C=O) groups is 1. The highest BCUT2D eigenvalue weighted by Gasteiger charge is 2.09. The molecule has 0 amide bonds. The third kappa shape index (κ3) is 3.61. The van der Waals surface area contributed by atoms with Crippen LogP contribution in [0.2, 0.25) is 0 Å². The molecule has 0 atom stereocenters. The number of nitrogens with zero attached hydrogens (tertiary/aromatic N) is 2. The first-order chi connectivity index (χ1) is 10.1. The van der Waals surface area contributed by atoms with Crippen molar-refractivity contribution in [2.24, 2.45) is 0 Å². The van der Waals surface area contributed by atoms with Crippen molar-refractivity contribution in [2.75, 3.05) is 0 Å². The van der Waals surface area contributed by atoms with Crippen LogP contribution in [0, 0.1) is 21.4 Å². The monoisotopic (exact) mass is 278 g/mol. The van der Waals surface area contributed by atoms with E-state index in [1.807, 2.05) is 6.07 Å². The Hall–Kier alpha value is -3.26. The van der Waals surface area contributed by atoms with Crippen LogP contribution >= 0.6 is 0 Å². The molecule has 0 aliphatic carbocycles. The topological polar surface area (TPSA) is 84.0 Å². The van der Waals surface area contributed by atoms with Gasteiger partial charge in [0, 0.05) is 17.7 Å². The molecule has 0 bridgehead atoms. The highest BCUT2D eigenvalue weighted by atomic mass is 16.6. The maximum absolute atomic E-state index is 12.0. The van der Waals surface area contributed by atoms with Crippen LogP contribution in [-0.2, 0) is 0 Å². The summed E-state index contributed by atoms with van der Waals surface area (Å²) in [6.07, 6.45) is 2.95. The fourth-order valence-electron chi connectivity index (χ4n) is 1.71. The summed E-state index contributed by atoms with van der Waals surface area (Å²) in [6, 6.07) is 14.3.